The number of aryl methyl sites for hydroxylation is 2. The third-order valence-electron chi connectivity index (χ3n) is 4.63. The van der Waals surface area contributed by atoms with Crippen molar-refractivity contribution in [1.82, 2.24) is 14.9 Å². The number of methoxy groups -OCH3 is 1. The average Bonchev–Trinajstić information content (AvgIpc) is 2.67. The number of rotatable bonds is 6. The predicted molar refractivity (Wildman–Crippen MR) is 98.1 cm³/mol. The minimum Gasteiger partial charge on any atom is -0.496 e. The van der Waals surface area contributed by atoms with Gasteiger partial charge in [0.1, 0.15) is 12.1 Å². The molecule has 3 rings (SSSR count). The Hall–Kier alpha value is -2.47. The molecule has 0 radical (unpaired) electrons. The van der Waals surface area contributed by atoms with Crippen LogP contribution in [0.3, 0.4) is 0 Å². The molecule has 0 spiro atoms. The lowest BCUT2D eigenvalue weighted by Crippen LogP contribution is -2.46. The molecule has 0 aliphatic carbocycles. The molecule has 1 saturated heterocycles. The fourth-order valence-electron chi connectivity index (χ4n) is 3.22. The van der Waals surface area contributed by atoms with E-state index in [9.17, 15) is 4.79 Å². The number of carbonyl (C=O) groups excluding carboxylic acids is 1. The lowest BCUT2D eigenvalue weighted by atomic mass is 10.1. The highest BCUT2D eigenvalue weighted by Gasteiger charge is 2.25. The number of aromatic nitrogens is 2. The molecule has 26 heavy (non-hydrogen) atoms. The number of hydrogen-bond acceptors (Lipinski definition) is 5. The van der Waals surface area contributed by atoms with Crippen LogP contribution in [0.25, 0.3) is 0 Å². The highest BCUT2D eigenvalue weighted by Crippen LogP contribution is 2.21. The first-order valence-corrected chi connectivity index (χ1v) is 8.93. The number of hydrogen-bond donors (Lipinski definition) is 0. The molecule has 1 atom stereocenters. The van der Waals surface area contributed by atoms with E-state index in [-0.39, 0.29) is 12.0 Å². The normalized spacial score (nSPS) is 17.2. The molecule has 138 valence electrons. The van der Waals surface area contributed by atoms with E-state index in [4.69, 9.17) is 9.47 Å². The van der Waals surface area contributed by atoms with E-state index in [2.05, 4.69) is 9.97 Å². The summed E-state index contributed by atoms with van der Waals surface area (Å²) in [6.07, 6.45) is 5.36. The monoisotopic (exact) mass is 355 g/mol. The summed E-state index contributed by atoms with van der Waals surface area (Å²) in [6.45, 7) is 3.85. The van der Waals surface area contributed by atoms with Crippen LogP contribution in [0.1, 0.15) is 23.2 Å². The van der Waals surface area contributed by atoms with Crippen LogP contribution < -0.4 is 4.74 Å². The van der Waals surface area contributed by atoms with Gasteiger partial charge in [-0.1, -0.05) is 17.7 Å². The zero-order valence-corrected chi connectivity index (χ0v) is 15.4. The molecule has 0 N–H and O–H groups in total. The Morgan fingerprint density at radius 2 is 2.27 bits per heavy atom. The van der Waals surface area contributed by atoms with Gasteiger partial charge in [-0.3, -0.25) is 4.79 Å². The Kier molecular flexibility index (Phi) is 6.17. The molecule has 2 heterocycles. The smallest absolute Gasteiger partial charge is 0.227 e. The van der Waals surface area contributed by atoms with Crippen molar-refractivity contribution >= 4 is 5.91 Å². The molecule has 6 nitrogen and oxygen atoms in total. The van der Waals surface area contributed by atoms with Gasteiger partial charge in [0.2, 0.25) is 5.91 Å². The molecular formula is C20H25N3O3. The summed E-state index contributed by atoms with van der Waals surface area (Å²) in [6, 6.07) is 7.84. The first-order valence-electron chi connectivity index (χ1n) is 8.93. The average molecular weight is 355 g/mol. The maximum absolute atomic E-state index is 12.8. The van der Waals surface area contributed by atoms with Crippen LogP contribution in [0, 0.1) is 6.92 Å². The number of ether oxygens (including phenoxy) is 2. The second-order valence-corrected chi connectivity index (χ2v) is 6.56. The summed E-state index contributed by atoms with van der Waals surface area (Å²) in [7, 11) is 1.64. The Labute approximate surface area is 154 Å². The van der Waals surface area contributed by atoms with Gasteiger partial charge in [0.15, 0.2) is 0 Å². The molecule has 1 aliphatic rings. The van der Waals surface area contributed by atoms with Crippen molar-refractivity contribution in [1.29, 1.82) is 0 Å². The molecule has 1 aromatic heterocycles. The Bertz CT molecular complexity index is 736. The fourth-order valence-corrected chi connectivity index (χ4v) is 3.22. The van der Waals surface area contributed by atoms with Gasteiger partial charge in [-0.05, 0) is 31.9 Å². The van der Waals surface area contributed by atoms with Crippen molar-refractivity contribution < 1.29 is 14.3 Å². The summed E-state index contributed by atoms with van der Waals surface area (Å²) in [5.41, 5.74) is 3.05. The number of carbonyl (C=O) groups is 1. The third-order valence-corrected chi connectivity index (χ3v) is 4.63. The minimum absolute atomic E-state index is 0.0436. The summed E-state index contributed by atoms with van der Waals surface area (Å²) in [4.78, 5) is 22.8. The van der Waals surface area contributed by atoms with Gasteiger partial charge in [0.05, 0.1) is 26.2 Å². The Morgan fingerprint density at radius 1 is 1.38 bits per heavy atom. The van der Waals surface area contributed by atoms with Crippen LogP contribution in [-0.4, -0.2) is 53.7 Å². The van der Waals surface area contributed by atoms with Crippen molar-refractivity contribution in [3.8, 4) is 5.75 Å². The topological polar surface area (TPSA) is 64.5 Å². The van der Waals surface area contributed by atoms with Gasteiger partial charge in [-0.2, -0.15) is 0 Å². The molecule has 0 bridgehead atoms. The van der Waals surface area contributed by atoms with E-state index in [1.807, 2.05) is 36.1 Å². The molecule has 1 aromatic carbocycles. The molecular weight excluding hydrogens is 330 g/mol. The SMILES string of the molecule is COc1ccc(C)cc1CC(=O)N1CCOC(CCc2ccncn2)C1. The van der Waals surface area contributed by atoms with E-state index in [1.54, 1.807) is 19.6 Å². The number of morpholine rings is 1. The zero-order valence-electron chi connectivity index (χ0n) is 15.4. The molecule has 2 aromatic rings. The lowest BCUT2D eigenvalue weighted by molar-refractivity contribution is -0.138. The third kappa shape index (κ3) is 4.79. The highest BCUT2D eigenvalue weighted by atomic mass is 16.5. The lowest BCUT2D eigenvalue weighted by Gasteiger charge is -2.33. The Morgan fingerprint density at radius 3 is 3.04 bits per heavy atom. The molecule has 1 amide bonds. The van der Waals surface area contributed by atoms with Gasteiger partial charge in [0, 0.05) is 30.5 Å². The van der Waals surface area contributed by atoms with E-state index in [0.29, 0.717) is 26.1 Å². The van der Waals surface area contributed by atoms with Crippen molar-refractivity contribution in [2.45, 2.75) is 32.3 Å². The van der Waals surface area contributed by atoms with Crippen LogP contribution in [0.5, 0.6) is 5.75 Å². The molecule has 0 saturated carbocycles. The second kappa shape index (κ2) is 8.76. The zero-order chi connectivity index (χ0) is 18.4. The van der Waals surface area contributed by atoms with Crippen LogP contribution in [0.15, 0.2) is 36.8 Å². The van der Waals surface area contributed by atoms with E-state index >= 15 is 0 Å². The summed E-state index contributed by atoms with van der Waals surface area (Å²) < 4.78 is 11.2. The molecule has 1 aliphatic heterocycles. The van der Waals surface area contributed by atoms with Gasteiger partial charge < -0.3 is 14.4 Å². The summed E-state index contributed by atoms with van der Waals surface area (Å²) >= 11 is 0. The molecule has 1 fully saturated rings. The maximum Gasteiger partial charge on any atom is 0.227 e. The predicted octanol–water partition coefficient (Wildman–Crippen LogP) is 2.20. The minimum atomic E-state index is 0.0436. The van der Waals surface area contributed by atoms with Crippen LogP contribution in [0.2, 0.25) is 0 Å². The van der Waals surface area contributed by atoms with Crippen LogP contribution >= 0.6 is 0 Å². The summed E-state index contributed by atoms with van der Waals surface area (Å²) in [5.74, 6) is 0.877. The van der Waals surface area contributed by atoms with Crippen LogP contribution in [0.4, 0.5) is 0 Å². The quantitative estimate of drug-likeness (QED) is 0.795. The highest BCUT2D eigenvalue weighted by molar-refractivity contribution is 5.79. The number of nitrogens with zero attached hydrogens (tertiary/aromatic N) is 3. The van der Waals surface area contributed by atoms with Gasteiger partial charge in [-0.15, -0.1) is 0 Å². The van der Waals surface area contributed by atoms with Crippen molar-refractivity contribution in [3.05, 3.63) is 53.6 Å². The number of benzene rings is 1. The summed E-state index contributed by atoms with van der Waals surface area (Å²) in [5, 5.41) is 0. The van der Waals surface area contributed by atoms with Gasteiger partial charge in [0.25, 0.3) is 0 Å². The second-order valence-electron chi connectivity index (χ2n) is 6.56. The van der Waals surface area contributed by atoms with Gasteiger partial charge in [-0.25, -0.2) is 9.97 Å². The first-order chi connectivity index (χ1) is 12.7. The molecule has 6 heteroatoms. The standard InChI is InChI=1S/C20H25N3O3/c1-15-3-6-19(25-2)16(11-15)12-20(24)23-9-10-26-18(13-23)5-4-17-7-8-21-14-22-17/h3,6-8,11,14,18H,4-5,9-10,12-13H2,1-2H3. The first kappa shape index (κ1) is 18.3. The van der Waals surface area contributed by atoms with Crippen molar-refractivity contribution in [2.24, 2.45) is 0 Å². The Balaban J connectivity index is 1.57. The van der Waals surface area contributed by atoms with E-state index in [1.165, 1.54) is 0 Å². The van der Waals surface area contributed by atoms with Gasteiger partial charge >= 0.3 is 0 Å². The fraction of sp³-hybridized carbons (Fsp3) is 0.450. The maximum atomic E-state index is 12.8. The van der Waals surface area contributed by atoms with E-state index < -0.39 is 0 Å². The largest absolute Gasteiger partial charge is 0.496 e. The van der Waals surface area contributed by atoms with E-state index in [0.717, 1.165) is 35.4 Å². The molecule has 1 unspecified atom stereocenters. The van der Waals surface area contributed by atoms with Crippen molar-refractivity contribution in [2.75, 3.05) is 26.8 Å². The van der Waals surface area contributed by atoms with Crippen LogP contribution in [-0.2, 0) is 22.4 Å². The number of amides is 1. The van der Waals surface area contributed by atoms with Crippen molar-refractivity contribution in [3.63, 3.8) is 0 Å².